The van der Waals surface area contributed by atoms with Crippen LogP contribution in [-0.2, 0) is 78.0 Å². The average molecular weight is 1850 g/mol. The number of carboxylic acids is 1. The van der Waals surface area contributed by atoms with Crippen molar-refractivity contribution in [2.45, 2.75) is 365 Å². The van der Waals surface area contributed by atoms with Gasteiger partial charge in [-0.05, 0) is 354 Å². The molecule has 0 aromatic heterocycles. The Labute approximate surface area is 795 Å². The summed E-state index contributed by atoms with van der Waals surface area (Å²) in [6.07, 6.45) is 13.4. The van der Waals surface area contributed by atoms with Crippen molar-refractivity contribution in [1.29, 1.82) is 0 Å². The third-order valence-electron chi connectivity index (χ3n) is 24.6. The number of carboxylic acid groups (broad SMARTS) is 1. The Morgan fingerprint density at radius 1 is 0.311 bits per heavy atom. The normalized spacial score (nSPS) is 21.0. The highest BCUT2D eigenvalue weighted by molar-refractivity contribution is 5.73. The molecule has 6 aromatic carbocycles. The first kappa shape index (κ1) is 119. The molecule has 1 N–H and O–H groups in total. The van der Waals surface area contributed by atoms with Crippen LogP contribution < -0.4 is 28.4 Å². The van der Waals surface area contributed by atoms with E-state index in [2.05, 4.69) is 52.0 Å². The Bertz CT molecular complexity index is 4030. The van der Waals surface area contributed by atoms with Gasteiger partial charge in [-0.3, -0.25) is 14.4 Å². The Morgan fingerprint density at radius 3 is 0.750 bits per heavy atom. The molecule has 132 heavy (non-hydrogen) atoms. The van der Waals surface area contributed by atoms with E-state index in [1.54, 1.807) is 79.7 Å². The fraction of sp³-hybridized carbons (Fsp3) is 0.627. The molecule has 0 aliphatic heterocycles. The van der Waals surface area contributed by atoms with Gasteiger partial charge in [-0.2, -0.15) is 0 Å². The van der Waals surface area contributed by atoms with E-state index < -0.39 is 47.5 Å². The second-order valence-electron chi connectivity index (χ2n) is 38.2. The zero-order chi connectivity index (χ0) is 92.4. The zero-order valence-corrected chi connectivity index (χ0v) is 79.7. The molecule has 0 radical (unpaired) electrons. The van der Waals surface area contributed by atoms with E-state index >= 15 is 0 Å². The van der Waals surface area contributed by atoms with E-state index in [1.165, 1.54) is 88.2 Å². The highest BCUT2D eigenvalue weighted by atomic mass is 16.7. The van der Waals surface area contributed by atoms with Gasteiger partial charge in [0.05, 0.1) is 19.3 Å². The predicted octanol–water partition coefficient (Wildman–Crippen LogP) is 28.0. The molecule has 8 bridgehead atoms. The summed E-state index contributed by atoms with van der Waals surface area (Å²) in [4.78, 5) is 59.5. The molecule has 14 rings (SSSR count). The molecule has 8 aliphatic carbocycles. The van der Waals surface area contributed by atoms with Crippen molar-refractivity contribution in [3.8, 4) is 34.5 Å². The molecule has 744 valence electrons. The van der Waals surface area contributed by atoms with Crippen LogP contribution in [0, 0.1) is 46.3 Å². The first-order valence-corrected chi connectivity index (χ1v) is 45.9. The molecule has 0 spiro atoms. The van der Waals surface area contributed by atoms with Crippen molar-refractivity contribution < 1.29 is 105 Å². The highest BCUT2D eigenvalue weighted by Gasteiger charge is 2.53. The monoisotopic (exact) mass is 1850 g/mol. The minimum atomic E-state index is -0.736. The largest absolute Gasteiger partial charge is 0.514 e. The Morgan fingerprint density at radius 2 is 0.523 bits per heavy atom. The first-order valence-electron chi connectivity index (χ1n) is 45.9. The summed E-state index contributed by atoms with van der Waals surface area (Å²) in [5.41, 5.74) is 4.56. The van der Waals surface area contributed by atoms with E-state index in [9.17, 15) is 24.0 Å². The van der Waals surface area contributed by atoms with Gasteiger partial charge in [0, 0.05) is 55.9 Å². The maximum absolute atomic E-state index is 12.9. The second kappa shape index (κ2) is 54.7. The van der Waals surface area contributed by atoms with Crippen LogP contribution in [0.5, 0.6) is 34.5 Å². The van der Waals surface area contributed by atoms with Crippen molar-refractivity contribution in [3.05, 3.63) is 179 Å². The zero-order valence-electron chi connectivity index (χ0n) is 79.7. The number of carbonyl (C=O) groups is 5. The highest BCUT2D eigenvalue weighted by Crippen LogP contribution is 2.63. The molecule has 22 heteroatoms. The minimum absolute atomic E-state index is 0. The standard InChI is InChI=1S/C28H40O7.C25H32O6.C23H32O4.C16H26O3.C12H18O2.6CH4/c1-8-30-20(4)33-25-15-11-23(12-16-25)28(7,19-27(29)35-22(6)32-10-3)24-13-17-26(18-14-24)34-21(5)31-9-2;1-23(2,3)30-21(26)28-19-13-9-17(10-14-19)25(7,8)18-11-15-20(16-12-18)29-22(27)31-24(4,5)6;1-7-24-17(3)26-21-13-9-19(10-14-21)23(5,6)20-11-15-22(16-12-20)27-18(4)25-8-2;1-3-18-11(2)19-15(17)10-16-7-12-4-13(8-16)6-14(5-12)9-16;13-11(14)7-12-4-8-1-9(5-12)3-10(2-8)6-12;;;;;;/h11-18,20-22H,8-10,19H2,1-7H3;9-16H,1-8H3;9-18H,7-8H2,1-6H3;11-14H,3-10H2,1-2H3;8-10H,1-7H2,(H,13,14);6*1H4. The minimum Gasteiger partial charge on any atom is -0.481 e. The van der Waals surface area contributed by atoms with Crippen molar-refractivity contribution in [1.82, 2.24) is 0 Å². The summed E-state index contributed by atoms with van der Waals surface area (Å²) in [6, 6.07) is 46.4. The van der Waals surface area contributed by atoms with Crippen molar-refractivity contribution in [2.75, 3.05) is 39.6 Å². The molecule has 8 fully saturated rings. The predicted molar refractivity (Wildman–Crippen MR) is 527 cm³/mol. The second-order valence-corrected chi connectivity index (χ2v) is 38.2. The molecule has 6 unspecified atom stereocenters. The number of ether oxygens (including phenoxy) is 16. The summed E-state index contributed by atoms with van der Waals surface area (Å²) in [5, 5.41) is 8.97. The Kier molecular flexibility index (Phi) is 49.4. The van der Waals surface area contributed by atoms with Gasteiger partial charge < -0.3 is 80.9 Å². The van der Waals surface area contributed by atoms with Crippen LogP contribution in [0.1, 0.15) is 333 Å². The van der Waals surface area contributed by atoms with Crippen LogP contribution in [-0.4, -0.2) is 124 Å². The molecular formula is C110H172O22. The number of benzene rings is 6. The van der Waals surface area contributed by atoms with Gasteiger partial charge in [0.15, 0.2) is 37.7 Å². The Hall–Kier alpha value is -8.77. The van der Waals surface area contributed by atoms with Gasteiger partial charge in [0.25, 0.3) is 0 Å². The summed E-state index contributed by atoms with van der Waals surface area (Å²) < 4.78 is 87.2. The number of aliphatic carboxylic acids is 1. The van der Waals surface area contributed by atoms with E-state index in [4.69, 9.17) is 80.9 Å². The number of rotatable bonds is 36. The van der Waals surface area contributed by atoms with Crippen LogP contribution in [0.2, 0.25) is 0 Å². The first-order chi connectivity index (χ1) is 59.5. The molecular weight excluding hydrogens is 1670 g/mol. The van der Waals surface area contributed by atoms with Crippen molar-refractivity contribution >= 4 is 30.2 Å². The quantitative estimate of drug-likeness (QED) is 0.0166. The maximum Gasteiger partial charge on any atom is 0.514 e. The van der Waals surface area contributed by atoms with Crippen LogP contribution in [0.4, 0.5) is 9.59 Å². The summed E-state index contributed by atoms with van der Waals surface area (Å²) in [7, 11) is 0. The third kappa shape index (κ3) is 37.5. The molecule has 0 amide bonds. The summed E-state index contributed by atoms with van der Waals surface area (Å²) in [6.45, 7) is 47.4. The lowest BCUT2D eigenvalue weighted by Gasteiger charge is -2.56. The Balaban J connectivity index is 0.000000566. The number of carbonyl (C=O) groups excluding carboxylic acids is 4. The van der Waals surface area contributed by atoms with E-state index in [0.717, 1.165) is 69.3 Å². The summed E-state index contributed by atoms with van der Waals surface area (Å²) >= 11 is 0. The van der Waals surface area contributed by atoms with Gasteiger partial charge in [-0.15, -0.1) is 0 Å². The van der Waals surface area contributed by atoms with Crippen LogP contribution in [0.25, 0.3) is 0 Å². The van der Waals surface area contributed by atoms with E-state index in [0.29, 0.717) is 75.5 Å². The number of esters is 2. The molecule has 6 atom stereocenters. The molecule has 22 nitrogen and oxygen atoms in total. The molecule has 8 aliphatic rings. The lowest BCUT2D eigenvalue weighted by molar-refractivity contribution is -0.180. The van der Waals surface area contributed by atoms with Crippen molar-refractivity contribution in [3.63, 3.8) is 0 Å². The van der Waals surface area contributed by atoms with Crippen molar-refractivity contribution in [2.24, 2.45) is 46.3 Å². The molecule has 0 saturated heterocycles. The van der Waals surface area contributed by atoms with Crippen LogP contribution >= 0.6 is 0 Å². The van der Waals surface area contributed by atoms with Gasteiger partial charge in [-0.25, -0.2) is 9.59 Å². The molecule has 8 saturated carbocycles. The fourth-order valence-electron chi connectivity index (χ4n) is 19.8. The molecule has 0 heterocycles. The third-order valence-corrected chi connectivity index (χ3v) is 24.6. The van der Waals surface area contributed by atoms with Crippen LogP contribution in [0.15, 0.2) is 146 Å². The van der Waals surface area contributed by atoms with E-state index in [1.807, 2.05) is 173 Å². The lowest BCUT2D eigenvalue weighted by atomic mass is 9.49. The lowest BCUT2D eigenvalue weighted by Crippen LogP contribution is -2.47. The smallest absolute Gasteiger partial charge is 0.481 e. The summed E-state index contributed by atoms with van der Waals surface area (Å²) in [5.74, 6) is 8.16. The fourth-order valence-corrected chi connectivity index (χ4v) is 19.8. The van der Waals surface area contributed by atoms with Gasteiger partial charge in [0.2, 0.25) is 0 Å². The SMILES string of the molecule is C.C.C.C.C.C.CC(C)(C)OC(=O)Oc1ccc(C(C)(C)c2ccc(OC(=O)OC(C)(C)C)cc2)cc1.CCOC(C)OC(=O)CC(C)(c1ccc(OC(C)OCC)cc1)c1ccc(OC(C)OCC)cc1.CCOC(C)OC(=O)CC12CC3CC(CC(C3)C1)C2.CCOC(C)Oc1ccc(C(C)(C)c2ccc(OC(C)OCC)cc2)cc1.O=C(O)CC12CC3CC(CC(C3)C1)C2. The number of hydrogen-bond donors (Lipinski definition) is 1. The van der Waals surface area contributed by atoms with Gasteiger partial charge in [0.1, 0.15) is 45.7 Å². The van der Waals surface area contributed by atoms with Gasteiger partial charge >= 0.3 is 30.2 Å². The average Bonchev–Trinajstić information content (AvgIpc) is 0.734. The molecule has 6 aromatic rings. The van der Waals surface area contributed by atoms with Crippen LogP contribution in [0.3, 0.4) is 0 Å². The van der Waals surface area contributed by atoms with E-state index in [-0.39, 0.29) is 110 Å². The van der Waals surface area contributed by atoms with Gasteiger partial charge in [-0.1, -0.05) is 152 Å². The number of hydrogen-bond acceptors (Lipinski definition) is 21. The maximum atomic E-state index is 12.9. The topological polar surface area (TPSA) is 253 Å².